The van der Waals surface area contributed by atoms with Crippen LogP contribution in [-0.4, -0.2) is 30.3 Å². The molecule has 0 saturated heterocycles. The molecule has 1 aromatic rings. The van der Waals surface area contributed by atoms with Crippen molar-refractivity contribution in [3.63, 3.8) is 0 Å². The van der Waals surface area contributed by atoms with E-state index in [9.17, 15) is 4.79 Å². The number of urea groups is 1. The number of hydrogen-bond acceptors (Lipinski definition) is 5. The smallest absolute Gasteiger partial charge is 0.316 e. The molecule has 2 amide bonds. The molecule has 1 atom stereocenters. The highest BCUT2D eigenvalue weighted by Crippen LogP contribution is 2.26. The van der Waals surface area contributed by atoms with Gasteiger partial charge in [0, 0.05) is 31.0 Å². The Morgan fingerprint density at radius 3 is 3.04 bits per heavy atom. The van der Waals surface area contributed by atoms with Crippen molar-refractivity contribution in [1.29, 1.82) is 0 Å². The Labute approximate surface area is 141 Å². The second-order valence-electron chi connectivity index (χ2n) is 6.46. The summed E-state index contributed by atoms with van der Waals surface area (Å²) < 4.78 is 0. The normalized spacial score (nSPS) is 21.8. The molecular formula is C17H22N6O. The molecule has 1 aliphatic carbocycles. The lowest BCUT2D eigenvalue weighted by Gasteiger charge is -2.27. The van der Waals surface area contributed by atoms with Gasteiger partial charge >= 0.3 is 6.03 Å². The lowest BCUT2D eigenvalue weighted by molar-refractivity contribution is 0.231. The number of pyridine rings is 1. The second kappa shape index (κ2) is 6.52. The second-order valence-corrected chi connectivity index (χ2v) is 6.46. The topological polar surface area (TPSA) is 90.1 Å². The van der Waals surface area contributed by atoms with E-state index in [0.717, 1.165) is 35.6 Å². The first-order chi connectivity index (χ1) is 11.8. The van der Waals surface area contributed by atoms with Crippen LogP contribution >= 0.6 is 0 Å². The molecule has 24 heavy (non-hydrogen) atoms. The number of hydrazine groups is 1. The van der Waals surface area contributed by atoms with Crippen molar-refractivity contribution in [1.82, 2.24) is 26.5 Å². The predicted octanol–water partition coefficient (Wildman–Crippen LogP) is 1.39. The van der Waals surface area contributed by atoms with E-state index in [4.69, 9.17) is 0 Å². The van der Waals surface area contributed by atoms with Crippen LogP contribution in [0.4, 0.5) is 10.5 Å². The zero-order chi connectivity index (χ0) is 16.4. The zero-order valence-corrected chi connectivity index (χ0v) is 13.4. The molecule has 1 aromatic heterocycles. The van der Waals surface area contributed by atoms with Crippen LogP contribution in [0.2, 0.25) is 0 Å². The van der Waals surface area contributed by atoms with E-state index in [1.165, 1.54) is 19.3 Å². The number of fused-ring (bicyclic) bond motifs is 1. The van der Waals surface area contributed by atoms with Crippen molar-refractivity contribution >= 4 is 23.4 Å². The molecule has 5 N–H and O–H groups in total. The Hall–Kier alpha value is -2.54. The summed E-state index contributed by atoms with van der Waals surface area (Å²) in [7, 11) is 0. The molecule has 0 bridgehead atoms. The van der Waals surface area contributed by atoms with E-state index in [0.29, 0.717) is 5.92 Å². The molecular weight excluding hydrogens is 304 g/mol. The summed E-state index contributed by atoms with van der Waals surface area (Å²) in [5.41, 5.74) is 10.0. The third-order valence-electron chi connectivity index (χ3n) is 4.74. The van der Waals surface area contributed by atoms with Crippen molar-refractivity contribution in [2.75, 3.05) is 18.4 Å². The maximum Gasteiger partial charge on any atom is 0.316 e. The fraction of sp³-hybridized carbons (Fsp3) is 0.412. The van der Waals surface area contributed by atoms with E-state index >= 15 is 0 Å². The average Bonchev–Trinajstić information content (AvgIpc) is 3.07. The molecule has 4 rings (SSSR count). The fourth-order valence-corrected chi connectivity index (χ4v) is 3.03. The molecule has 126 valence electrons. The Morgan fingerprint density at radius 2 is 2.29 bits per heavy atom. The fourth-order valence-electron chi connectivity index (χ4n) is 3.03. The number of hydrogen-bond donors (Lipinski definition) is 5. The number of aromatic nitrogens is 1. The SMILES string of the molecule is O=C(NCC1CCC1)NC1C=Cc2ncc(C3=CNNC3)cc2N1. The third-order valence-corrected chi connectivity index (χ3v) is 4.74. The number of rotatable bonds is 4. The lowest BCUT2D eigenvalue weighted by Crippen LogP contribution is -2.47. The van der Waals surface area contributed by atoms with E-state index in [1.54, 1.807) is 0 Å². The molecule has 0 radical (unpaired) electrons. The van der Waals surface area contributed by atoms with Crippen molar-refractivity contribution in [2.45, 2.75) is 25.4 Å². The molecule has 3 heterocycles. The van der Waals surface area contributed by atoms with Gasteiger partial charge in [-0.1, -0.05) is 6.42 Å². The highest BCUT2D eigenvalue weighted by Gasteiger charge is 2.20. The van der Waals surface area contributed by atoms with Crippen LogP contribution in [0.25, 0.3) is 11.6 Å². The Morgan fingerprint density at radius 1 is 1.38 bits per heavy atom. The molecule has 7 nitrogen and oxygen atoms in total. The number of anilines is 1. The Balaban J connectivity index is 1.37. The standard InChI is InChI=1S/C17H22N6O/c24-17(19-7-11-2-1-3-11)23-16-5-4-14-15(22-16)6-12(8-18-14)13-9-20-21-10-13/h4-6,8-9,11,16,20-22H,1-3,7,10H2,(H2,19,23,24). The minimum Gasteiger partial charge on any atom is -0.360 e. The summed E-state index contributed by atoms with van der Waals surface area (Å²) in [4.78, 5) is 16.5. The molecule has 1 fully saturated rings. The van der Waals surface area contributed by atoms with Gasteiger partial charge in [-0.3, -0.25) is 4.98 Å². The lowest BCUT2D eigenvalue weighted by atomic mass is 9.85. The molecule has 2 aliphatic heterocycles. The van der Waals surface area contributed by atoms with Gasteiger partial charge in [0.05, 0.1) is 11.4 Å². The van der Waals surface area contributed by atoms with Crippen LogP contribution in [0.1, 0.15) is 30.5 Å². The van der Waals surface area contributed by atoms with Crippen LogP contribution in [0.15, 0.2) is 24.5 Å². The largest absolute Gasteiger partial charge is 0.360 e. The summed E-state index contributed by atoms with van der Waals surface area (Å²) in [6, 6.07) is 1.93. The maximum absolute atomic E-state index is 12.0. The highest BCUT2D eigenvalue weighted by molar-refractivity contribution is 5.78. The first-order valence-electron chi connectivity index (χ1n) is 8.45. The van der Waals surface area contributed by atoms with Gasteiger partial charge in [0.15, 0.2) is 0 Å². The van der Waals surface area contributed by atoms with Crippen molar-refractivity contribution in [2.24, 2.45) is 5.92 Å². The van der Waals surface area contributed by atoms with E-state index in [-0.39, 0.29) is 12.2 Å². The van der Waals surface area contributed by atoms with Gasteiger partial charge in [0.1, 0.15) is 6.17 Å². The quantitative estimate of drug-likeness (QED) is 0.577. The van der Waals surface area contributed by atoms with Crippen LogP contribution in [0, 0.1) is 5.92 Å². The van der Waals surface area contributed by atoms with Gasteiger partial charge in [-0.15, -0.1) is 0 Å². The number of amides is 2. The van der Waals surface area contributed by atoms with Gasteiger partial charge in [0.25, 0.3) is 0 Å². The first kappa shape index (κ1) is 15.0. The monoisotopic (exact) mass is 326 g/mol. The van der Waals surface area contributed by atoms with E-state index in [2.05, 4.69) is 37.9 Å². The number of nitrogens with zero attached hydrogens (tertiary/aromatic N) is 1. The van der Waals surface area contributed by atoms with Crippen LogP contribution < -0.4 is 26.8 Å². The highest BCUT2D eigenvalue weighted by atomic mass is 16.2. The first-order valence-corrected chi connectivity index (χ1v) is 8.45. The van der Waals surface area contributed by atoms with E-state index < -0.39 is 0 Å². The maximum atomic E-state index is 12.0. The van der Waals surface area contributed by atoms with Crippen molar-refractivity contribution in [3.05, 3.63) is 35.8 Å². The van der Waals surface area contributed by atoms with Crippen molar-refractivity contribution < 1.29 is 4.79 Å². The molecule has 0 aromatic carbocycles. The van der Waals surface area contributed by atoms with Gasteiger partial charge < -0.3 is 21.4 Å². The minimum atomic E-state index is -0.232. The molecule has 1 unspecified atom stereocenters. The molecule has 0 spiro atoms. The number of carbonyl (C=O) groups excluding carboxylic acids is 1. The zero-order valence-electron chi connectivity index (χ0n) is 13.4. The summed E-state index contributed by atoms with van der Waals surface area (Å²) in [5.74, 6) is 0.653. The van der Waals surface area contributed by atoms with Gasteiger partial charge in [-0.25, -0.2) is 10.2 Å². The van der Waals surface area contributed by atoms with Gasteiger partial charge in [0.2, 0.25) is 0 Å². The molecule has 7 heteroatoms. The predicted molar refractivity (Wildman–Crippen MR) is 93.7 cm³/mol. The summed E-state index contributed by atoms with van der Waals surface area (Å²) in [6.45, 7) is 1.53. The third kappa shape index (κ3) is 3.21. The molecule has 1 saturated carbocycles. The van der Waals surface area contributed by atoms with Crippen LogP contribution in [0.5, 0.6) is 0 Å². The van der Waals surface area contributed by atoms with Gasteiger partial charge in [-0.05, 0) is 42.6 Å². The summed E-state index contributed by atoms with van der Waals surface area (Å²) in [5, 5.41) is 9.20. The van der Waals surface area contributed by atoms with Crippen LogP contribution in [-0.2, 0) is 0 Å². The van der Waals surface area contributed by atoms with Crippen molar-refractivity contribution in [3.8, 4) is 0 Å². The molecule has 3 aliphatic rings. The summed E-state index contributed by atoms with van der Waals surface area (Å²) in [6.07, 6.45) is 11.2. The Kier molecular flexibility index (Phi) is 4.08. The van der Waals surface area contributed by atoms with E-state index in [1.807, 2.05) is 24.5 Å². The minimum absolute atomic E-state index is 0.136. The average molecular weight is 326 g/mol. The van der Waals surface area contributed by atoms with Gasteiger partial charge in [-0.2, -0.15) is 0 Å². The number of carbonyl (C=O) groups is 1. The Bertz CT molecular complexity index is 694. The summed E-state index contributed by atoms with van der Waals surface area (Å²) >= 11 is 0. The van der Waals surface area contributed by atoms with Crippen LogP contribution in [0.3, 0.4) is 0 Å². The number of nitrogens with one attached hydrogen (secondary N) is 5.